The maximum atomic E-state index is 13.1. The van der Waals surface area contributed by atoms with E-state index < -0.39 is 0 Å². The molecule has 0 saturated carbocycles. The van der Waals surface area contributed by atoms with Gasteiger partial charge in [0.2, 0.25) is 0 Å². The standard InChI is InChI=1S/C21H19BrN4O3/c22-18-9-5-4-8-16(18)20(27)24-19-17(21(28)25-10-12-29-13-11-25)14-23-26(19)15-6-2-1-3-7-15/h1-9,14H,10-13H2,(H,24,27). The molecule has 1 aliphatic heterocycles. The molecular weight excluding hydrogens is 436 g/mol. The quantitative estimate of drug-likeness (QED) is 0.655. The molecule has 0 spiro atoms. The van der Waals surface area contributed by atoms with Gasteiger partial charge in [-0.05, 0) is 40.2 Å². The number of hydrogen-bond acceptors (Lipinski definition) is 4. The van der Waals surface area contributed by atoms with Crippen LogP contribution in [0.5, 0.6) is 0 Å². The minimum Gasteiger partial charge on any atom is -0.378 e. The van der Waals surface area contributed by atoms with Crippen molar-refractivity contribution in [2.24, 2.45) is 0 Å². The molecule has 1 aliphatic rings. The SMILES string of the molecule is O=C(Nc1c(C(=O)N2CCOCC2)cnn1-c1ccccc1)c1ccccc1Br. The van der Waals surface area contributed by atoms with Crippen molar-refractivity contribution in [3.8, 4) is 5.69 Å². The third kappa shape index (κ3) is 4.08. The molecule has 148 valence electrons. The van der Waals surface area contributed by atoms with Crippen LogP contribution in [0.3, 0.4) is 0 Å². The summed E-state index contributed by atoms with van der Waals surface area (Å²) in [6.07, 6.45) is 1.50. The summed E-state index contributed by atoms with van der Waals surface area (Å²) >= 11 is 3.40. The molecule has 8 heteroatoms. The summed E-state index contributed by atoms with van der Waals surface area (Å²) in [6.45, 7) is 2.01. The van der Waals surface area contributed by atoms with Crippen molar-refractivity contribution in [2.45, 2.75) is 0 Å². The summed E-state index contributed by atoms with van der Waals surface area (Å²) < 4.78 is 7.58. The number of anilines is 1. The van der Waals surface area contributed by atoms with E-state index in [1.807, 2.05) is 36.4 Å². The predicted molar refractivity (Wildman–Crippen MR) is 112 cm³/mol. The Bertz CT molecular complexity index is 1030. The molecule has 4 rings (SSSR count). The van der Waals surface area contributed by atoms with Crippen LogP contribution < -0.4 is 5.32 Å². The van der Waals surface area contributed by atoms with Crippen LogP contribution in [-0.4, -0.2) is 52.8 Å². The molecule has 1 aromatic heterocycles. The van der Waals surface area contributed by atoms with Gasteiger partial charge in [0.25, 0.3) is 11.8 Å². The first-order valence-corrected chi connectivity index (χ1v) is 10.0. The Labute approximate surface area is 176 Å². The maximum Gasteiger partial charge on any atom is 0.259 e. The highest BCUT2D eigenvalue weighted by Gasteiger charge is 2.26. The van der Waals surface area contributed by atoms with Gasteiger partial charge in [-0.1, -0.05) is 30.3 Å². The van der Waals surface area contributed by atoms with E-state index in [0.29, 0.717) is 47.7 Å². The number of hydrogen-bond donors (Lipinski definition) is 1. The van der Waals surface area contributed by atoms with Crippen LogP contribution in [0.1, 0.15) is 20.7 Å². The Morgan fingerprint density at radius 2 is 1.66 bits per heavy atom. The van der Waals surface area contributed by atoms with Crippen molar-refractivity contribution in [1.29, 1.82) is 0 Å². The molecule has 7 nitrogen and oxygen atoms in total. The summed E-state index contributed by atoms with van der Waals surface area (Å²) in [7, 11) is 0. The zero-order valence-corrected chi connectivity index (χ0v) is 17.1. The second-order valence-electron chi connectivity index (χ2n) is 6.49. The number of aromatic nitrogens is 2. The lowest BCUT2D eigenvalue weighted by atomic mass is 10.2. The molecule has 1 saturated heterocycles. The molecule has 29 heavy (non-hydrogen) atoms. The fourth-order valence-electron chi connectivity index (χ4n) is 3.15. The second-order valence-corrected chi connectivity index (χ2v) is 7.35. The van der Waals surface area contributed by atoms with Gasteiger partial charge in [0.05, 0.1) is 30.7 Å². The number of rotatable bonds is 4. The van der Waals surface area contributed by atoms with Gasteiger partial charge in [-0.25, -0.2) is 4.68 Å². The van der Waals surface area contributed by atoms with E-state index in [9.17, 15) is 9.59 Å². The monoisotopic (exact) mass is 454 g/mol. The molecule has 0 aliphatic carbocycles. The van der Waals surface area contributed by atoms with Gasteiger partial charge in [-0.15, -0.1) is 0 Å². The van der Waals surface area contributed by atoms with E-state index >= 15 is 0 Å². The van der Waals surface area contributed by atoms with Gasteiger partial charge in [-0.3, -0.25) is 9.59 Å². The number of carbonyl (C=O) groups excluding carboxylic acids is 2. The number of nitrogens with one attached hydrogen (secondary N) is 1. The molecule has 2 aromatic carbocycles. The number of morpholine rings is 1. The lowest BCUT2D eigenvalue weighted by molar-refractivity contribution is 0.0303. The highest BCUT2D eigenvalue weighted by atomic mass is 79.9. The third-order valence-electron chi connectivity index (χ3n) is 4.65. The van der Waals surface area contributed by atoms with Gasteiger partial charge < -0.3 is 15.0 Å². The number of para-hydroxylation sites is 1. The lowest BCUT2D eigenvalue weighted by Gasteiger charge is -2.26. The summed E-state index contributed by atoms with van der Waals surface area (Å²) in [5.74, 6) is -0.169. The molecule has 0 bridgehead atoms. The van der Waals surface area contributed by atoms with Crippen molar-refractivity contribution < 1.29 is 14.3 Å². The zero-order valence-electron chi connectivity index (χ0n) is 15.5. The Morgan fingerprint density at radius 3 is 2.38 bits per heavy atom. The summed E-state index contributed by atoms with van der Waals surface area (Å²) in [5.41, 5.74) is 1.56. The van der Waals surface area contributed by atoms with Crippen LogP contribution in [-0.2, 0) is 4.74 Å². The van der Waals surface area contributed by atoms with Crippen LogP contribution >= 0.6 is 15.9 Å². The molecule has 0 unspecified atom stereocenters. The van der Waals surface area contributed by atoms with E-state index in [0.717, 1.165) is 5.69 Å². The van der Waals surface area contributed by atoms with Gasteiger partial charge in [0.15, 0.2) is 0 Å². The third-order valence-corrected chi connectivity index (χ3v) is 5.34. The average molecular weight is 455 g/mol. The molecule has 0 atom stereocenters. The van der Waals surface area contributed by atoms with Gasteiger partial charge in [-0.2, -0.15) is 5.10 Å². The predicted octanol–water partition coefficient (Wildman–Crippen LogP) is 3.36. The molecule has 2 heterocycles. The van der Waals surface area contributed by atoms with E-state index in [4.69, 9.17) is 4.74 Å². The molecule has 1 fully saturated rings. The van der Waals surface area contributed by atoms with E-state index in [2.05, 4.69) is 26.3 Å². The number of carbonyl (C=O) groups is 2. The van der Waals surface area contributed by atoms with E-state index in [1.165, 1.54) is 6.20 Å². The van der Waals surface area contributed by atoms with Crippen LogP contribution in [0.15, 0.2) is 65.3 Å². The summed E-state index contributed by atoms with van der Waals surface area (Å²) in [5, 5.41) is 7.27. The van der Waals surface area contributed by atoms with Crippen molar-refractivity contribution in [2.75, 3.05) is 31.6 Å². The fraction of sp³-hybridized carbons (Fsp3) is 0.190. The topological polar surface area (TPSA) is 76.5 Å². The van der Waals surface area contributed by atoms with Gasteiger partial charge in [0, 0.05) is 17.6 Å². The zero-order chi connectivity index (χ0) is 20.2. The van der Waals surface area contributed by atoms with Crippen LogP contribution in [0, 0.1) is 0 Å². The van der Waals surface area contributed by atoms with Crippen LogP contribution in [0.2, 0.25) is 0 Å². The minimum atomic E-state index is -0.328. The molecular formula is C21H19BrN4O3. The van der Waals surface area contributed by atoms with E-state index in [-0.39, 0.29) is 11.8 Å². The summed E-state index contributed by atoms with van der Waals surface area (Å²) in [6, 6.07) is 16.5. The lowest BCUT2D eigenvalue weighted by Crippen LogP contribution is -2.40. The maximum absolute atomic E-state index is 13.1. The molecule has 0 radical (unpaired) electrons. The highest BCUT2D eigenvalue weighted by molar-refractivity contribution is 9.10. The van der Waals surface area contributed by atoms with Crippen molar-refractivity contribution >= 4 is 33.6 Å². The van der Waals surface area contributed by atoms with Crippen molar-refractivity contribution in [3.05, 3.63) is 76.4 Å². The van der Waals surface area contributed by atoms with Crippen molar-refractivity contribution in [1.82, 2.24) is 14.7 Å². The molecule has 3 aromatic rings. The Kier molecular flexibility index (Phi) is 5.73. The summed E-state index contributed by atoms with van der Waals surface area (Å²) in [4.78, 5) is 27.8. The number of amides is 2. The Hall–Kier alpha value is -2.97. The largest absolute Gasteiger partial charge is 0.378 e. The first kappa shape index (κ1) is 19.4. The fourth-order valence-corrected chi connectivity index (χ4v) is 3.61. The Morgan fingerprint density at radius 1 is 0.966 bits per heavy atom. The first-order chi connectivity index (χ1) is 14.1. The van der Waals surface area contributed by atoms with Crippen molar-refractivity contribution in [3.63, 3.8) is 0 Å². The normalized spacial score (nSPS) is 13.9. The van der Waals surface area contributed by atoms with Crippen LogP contribution in [0.25, 0.3) is 5.69 Å². The first-order valence-electron chi connectivity index (χ1n) is 9.21. The number of benzene rings is 2. The molecule has 2 amide bonds. The molecule has 1 N–H and O–H groups in total. The van der Waals surface area contributed by atoms with Gasteiger partial charge >= 0.3 is 0 Å². The number of nitrogens with zero attached hydrogens (tertiary/aromatic N) is 3. The smallest absolute Gasteiger partial charge is 0.259 e. The van der Waals surface area contributed by atoms with E-state index in [1.54, 1.807) is 27.8 Å². The average Bonchev–Trinajstić information content (AvgIpc) is 3.18. The number of ether oxygens (including phenoxy) is 1. The van der Waals surface area contributed by atoms with Crippen LogP contribution in [0.4, 0.5) is 5.82 Å². The van der Waals surface area contributed by atoms with Gasteiger partial charge in [0.1, 0.15) is 11.4 Å². The minimum absolute atomic E-state index is 0.182. The highest BCUT2D eigenvalue weighted by Crippen LogP contribution is 2.24. The number of halogens is 1. The second kappa shape index (κ2) is 8.59. The Balaban J connectivity index is 1.72.